The Hall–Kier alpha value is -3.68. The zero-order valence-corrected chi connectivity index (χ0v) is 14.7. The average molecular weight is 369 g/mol. The normalized spacial score (nSPS) is 9.81. The Balaban J connectivity index is 1.76. The van der Waals surface area contributed by atoms with Crippen LogP contribution in [0.4, 0.5) is 10.5 Å². The predicted octanol–water partition coefficient (Wildman–Crippen LogP) is 1.83. The summed E-state index contributed by atoms with van der Waals surface area (Å²) in [4.78, 5) is 46.4. The third-order valence-corrected chi connectivity index (χ3v) is 3.30. The second-order valence-corrected chi connectivity index (χ2v) is 5.55. The van der Waals surface area contributed by atoms with Crippen LogP contribution in [0.25, 0.3) is 0 Å². The fourth-order valence-electron chi connectivity index (χ4n) is 2.13. The molecular formula is C19H19N3O5. The summed E-state index contributed by atoms with van der Waals surface area (Å²) in [5, 5.41) is 7.13. The van der Waals surface area contributed by atoms with E-state index in [1.165, 1.54) is 19.1 Å². The number of urea groups is 1. The summed E-state index contributed by atoms with van der Waals surface area (Å²) in [7, 11) is 0. The van der Waals surface area contributed by atoms with Crippen LogP contribution in [0.2, 0.25) is 0 Å². The summed E-state index contributed by atoms with van der Waals surface area (Å²) < 4.78 is 4.87. The molecule has 0 aliphatic heterocycles. The van der Waals surface area contributed by atoms with Crippen molar-refractivity contribution in [1.29, 1.82) is 0 Å². The minimum atomic E-state index is -0.757. The lowest BCUT2D eigenvalue weighted by atomic mass is 10.2. The first-order valence-electron chi connectivity index (χ1n) is 8.10. The lowest BCUT2D eigenvalue weighted by molar-refractivity contribution is -0.123. The van der Waals surface area contributed by atoms with Crippen LogP contribution in [0.15, 0.2) is 54.6 Å². The van der Waals surface area contributed by atoms with Crippen LogP contribution in [0.5, 0.6) is 0 Å². The van der Waals surface area contributed by atoms with Crippen LogP contribution in [-0.4, -0.2) is 30.4 Å². The summed E-state index contributed by atoms with van der Waals surface area (Å²) >= 11 is 0. The van der Waals surface area contributed by atoms with E-state index in [4.69, 9.17) is 4.74 Å². The number of benzene rings is 2. The van der Waals surface area contributed by atoms with Gasteiger partial charge in [0.15, 0.2) is 6.61 Å². The molecule has 0 aliphatic carbocycles. The van der Waals surface area contributed by atoms with Crippen molar-refractivity contribution < 1.29 is 23.9 Å². The maximum atomic E-state index is 12.0. The maximum Gasteiger partial charge on any atom is 0.338 e. The van der Waals surface area contributed by atoms with E-state index >= 15 is 0 Å². The summed E-state index contributed by atoms with van der Waals surface area (Å²) in [6.45, 7) is 0.996. The zero-order chi connectivity index (χ0) is 19.6. The van der Waals surface area contributed by atoms with Crippen molar-refractivity contribution in [2.75, 3.05) is 11.9 Å². The monoisotopic (exact) mass is 369 g/mol. The number of imide groups is 1. The summed E-state index contributed by atoms with van der Waals surface area (Å²) in [6.07, 6.45) is 0. The molecule has 0 saturated heterocycles. The van der Waals surface area contributed by atoms with Crippen molar-refractivity contribution in [3.63, 3.8) is 0 Å². The molecule has 27 heavy (non-hydrogen) atoms. The van der Waals surface area contributed by atoms with Gasteiger partial charge in [0.25, 0.3) is 5.91 Å². The van der Waals surface area contributed by atoms with Gasteiger partial charge in [-0.25, -0.2) is 9.59 Å². The van der Waals surface area contributed by atoms with Gasteiger partial charge < -0.3 is 15.4 Å². The first kappa shape index (κ1) is 19.6. The van der Waals surface area contributed by atoms with Crippen molar-refractivity contribution in [2.24, 2.45) is 0 Å². The topological polar surface area (TPSA) is 114 Å². The number of anilines is 1. The number of carbonyl (C=O) groups is 4. The molecule has 4 amide bonds. The molecule has 2 aromatic carbocycles. The molecule has 0 aromatic heterocycles. The van der Waals surface area contributed by atoms with Crippen LogP contribution in [0, 0.1) is 0 Å². The summed E-state index contributed by atoms with van der Waals surface area (Å²) in [5.41, 5.74) is 1.48. The van der Waals surface area contributed by atoms with E-state index in [2.05, 4.69) is 16.0 Å². The second-order valence-electron chi connectivity index (χ2n) is 5.55. The molecular weight excluding hydrogens is 350 g/mol. The molecule has 2 aromatic rings. The first-order chi connectivity index (χ1) is 12.9. The van der Waals surface area contributed by atoms with E-state index in [9.17, 15) is 19.2 Å². The molecule has 0 spiro atoms. The molecule has 8 heteroatoms. The van der Waals surface area contributed by atoms with Gasteiger partial charge in [-0.05, 0) is 23.8 Å². The lowest BCUT2D eigenvalue weighted by Crippen LogP contribution is -2.41. The Morgan fingerprint density at radius 3 is 2.41 bits per heavy atom. The highest BCUT2D eigenvalue weighted by Gasteiger charge is 2.13. The Morgan fingerprint density at radius 1 is 0.963 bits per heavy atom. The number of carbonyl (C=O) groups excluding carboxylic acids is 4. The Kier molecular flexibility index (Phi) is 7.07. The molecule has 8 nitrogen and oxygen atoms in total. The zero-order valence-electron chi connectivity index (χ0n) is 14.7. The molecule has 0 unspecified atom stereocenters. The Morgan fingerprint density at radius 2 is 1.70 bits per heavy atom. The fraction of sp³-hybridized carbons (Fsp3) is 0.158. The van der Waals surface area contributed by atoms with E-state index in [0.29, 0.717) is 5.69 Å². The molecule has 2 rings (SSSR count). The van der Waals surface area contributed by atoms with Gasteiger partial charge >= 0.3 is 12.0 Å². The minimum Gasteiger partial charge on any atom is -0.452 e. The van der Waals surface area contributed by atoms with Crippen LogP contribution < -0.4 is 16.0 Å². The third kappa shape index (κ3) is 6.99. The predicted molar refractivity (Wildman–Crippen MR) is 97.8 cm³/mol. The van der Waals surface area contributed by atoms with Gasteiger partial charge in [0, 0.05) is 19.2 Å². The molecule has 0 saturated carbocycles. The number of rotatable bonds is 6. The van der Waals surface area contributed by atoms with Crippen molar-refractivity contribution in [2.45, 2.75) is 13.5 Å². The SMILES string of the molecule is CC(=O)Nc1cccc(C(=O)OCC(=O)NC(=O)NCc2ccccc2)c1. The van der Waals surface area contributed by atoms with Gasteiger partial charge in [-0.1, -0.05) is 36.4 Å². The molecule has 0 bridgehead atoms. The van der Waals surface area contributed by atoms with Gasteiger partial charge in [-0.2, -0.15) is 0 Å². The van der Waals surface area contributed by atoms with Crippen molar-refractivity contribution >= 4 is 29.5 Å². The standard InChI is InChI=1S/C19H19N3O5/c1-13(23)21-16-9-5-8-15(10-16)18(25)27-12-17(24)22-19(26)20-11-14-6-3-2-4-7-14/h2-10H,11-12H2,1H3,(H,21,23)(H2,20,22,24,26). The van der Waals surface area contributed by atoms with Crippen LogP contribution in [0.1, 0.15) is 22.8 Å². The van der Waals surface area contributed by atoms with Gasteiger partial charge in [-0.3, -0.25) is 14.9 Å². The Labute approximate surface area is 155 Å². The van der Waals surface area contributed by atoms with E-state index in [1.54, 1.807) is 12.1 Å². The highest BCUT2D eigenvalue weighted by molar-refractivity contribution is 5.97. The maximum absolute atomic E-state index is 12.0. The number of ether oxygens (including phenoxy) is 1. The van der Waals surface area contributed by atoms with Gasteiger partial charge in [-0.15, -0.1) is 0 Å². The van der Waals surface area contributed by atoms with E-state index in [0.717, 1.165) is 5.56 Å². The quantitative estimate of drug-likeness (QED) is 0.672. The van der Waals surface area contributed by atoms with Crippen LogP contribution in [0.3, 0.4) is 0 Å². The van der Waals surface area contributed by atoms with Gasteiger partial charge in [0.05, 0.1) is 5.56 Å². The minimum absolute atomic E-state index is 0.169. The molecule has 0 heterocycles. The highest BCUT2D eigenvalue weighted by Crippen LogP contribution is 2.11. The van der Waals surface area contributed by atoms with E-state index < -0.39 is 24.5 Å². The number of amides is 4. The molecule has 140 valence electrons. The van der Waals surface area contributed by atoms with Gasteiger partial charge in [0.1, 0.15) is 0 Å². The lowest BCUT2D eigenvalue weighted by Gasteiger charge is -2.08. The molecule has 0 atom stereocenters. The van der Waals surface area contributed by atoms with Gasteiger partial charge in [0.2, 0.25) is 5.91 Å². The fourth-order valence-corrected chi connectivity index (χ4v) is 2.13. The molecule has 0 radical (unpaired) electrons. The second kappa shape index (κ2) is 9.71. The largest absolute Gasteiger partial charge is 0.452 e. The Bertz CT molecular complexity index is 836. The molecule has 0 fully saturated rings. The number of hydrogen-bond donors (Lipinski definition) is 3. The van der Waals surface area contributed by atoms with Crippen molar-refractivity contribution in [1.82, 2.24) is 10.6 Å². The highest BCUT2D eigenvalue weighted by atomic mass is 16.5. The smallest absolute Gasteiger partial charge is 0.338 e. The number of esters is 1. The third-order valence-electron chi connectivity index (χ3n) is 3.30. The number of hydrogen-bond acceptors (Lipinski definition) is 5. The number of nitrogens with one attached hydrogen (secondary N) is 3. The molecule has 3 N–H and O–H groups in total. The van der Waals surface area contributed by atoms with Crippen LogP contribution in [-0.2, 0) is 20.9 Å². The summed E-state index contributed by atoms with van der Waals surface area (Å²) in [5.74, 6) is -1.78. The van der Waals surface area contributed by atoms with Crippen molar-refractivity contribution in [3.05, 3.63) is 65.7 Å². The van der Waals surface area contributed by atoms with Crippen LogP contribution >= 0.6 is 0 Å². The van der Waals surface area contributed by atoms with E-state index in [1.807, 2.05) is 30.3 Å². The molecule has 0 aliphatic rings. The summed E-state index contributed by atoms with van der Waals surface area (Å²) in [6, 6.07) is 14.6. The van der Waals surface area contributed by atoms with E-state index in [-0.39, 0.29) is 18.0 Å². The van der Waals surface area contributed by atoms with Crippen molar-refractivity contribution in [3.8, 4) is 0 Å². The first-order valence-corrected chi connectivity index (χ1v) is 8.10. The average Bonchev–Trinajstić information content (AvgIpc) is 2.65.